The van der Waals surface area contributed by atoms with Gasteiger partial charge in [0.05, 0.1) is 12.2 Å². The number of aliphatic hydroxyl groups excluding tert-OH is 4. The third-order valence-corrected chi connectivity index (χ3v) is 4.67. The Bertz CT molecular complexity index is 630. The summed E-state index contributed by atoms with van der Waals surface area (Å²) >= 11 is 0. The van der Waals surface area contributed by atoms with E-state index in [-0.39, 0.29) is 48.3 Å². The molecule has 0 aliphatic heterocycles. The highest BCUT2D eigenvalue weighted by Crippen LogP contribution is 2.27. The summed E-state index contributed by atoms with van der Waals surface area (Å²) in [5.41, 5.74) is 0.289. The van der Waals surface area contributed by atoms with Crippen molar-refractivity contribution in [1.82, 2.24) is 0 Å². The van der Waals surface area contributed by atoms with E-state index in [2.05, 4.69) is 18.8 Å². The van der Waals surface area contributed by atoms with Gasteiger partial charge in [0.1, 0.15) is 17.6 Å². The third kappa shape index (κ3) is 9.43. The minimum atomic E-state index is -1.08. The molecule has 1 aromatic rings. The molecule has 1 aromatic carbocycles. The first kappa shape index (κ1) is 24.3. The number of aliphatic hydroxyl groups is 4. The van der Waals surface area contributed by atoms with Gasteiger partial charge in [0.2, 0.25) is 0 Å². The van der Waals surface area contributed by atoms with Crippen molar-refractivity contribution in [3.8, 4) is 23.3 Å². The zero-order valence-corrected chi connectivity index (χ0v) is 16.9. The molecular weight excluding hydrogens is 360 g/mol. The van der Waals surface area contributed by atoms with Crippen molar-refractivity contribution in [3.05, 3.63) is 23.8 Å². The highest BCUT2D eigenvalue weighted by molar-refractivity contribution is 5.37. The Labute approximate surface area is 167 Å². The topological polar surface area (TPSA) is 121 Å². The Morgan fingerprint density at radius 2 is 1.39 bits per heavy atom. The zero-order valence-electron chi connectivity index (χ0n) is 16.9. The number of phenols is 2. The van der Waals surface area contributed by atoms with Crippen molar-refractivity contribution in [2.24, 2.45) is 17.8 Å². The molecule has 0 saturated carbocycles. The van der Waals surface area contributed by atoms with E-state index in [1.54, 1.807) is 0 Å². The molecule has 0 fully saturated rings. The molecule has 6 N–H and O–H groups in total. The Morgan fingerprint density at radius 3 is 1.96 bits per heavy atom. The van der Waals surface area contributed by atoms with Crippen LogP contribution < -0.4 is 0 Å². The second kappa shape index (κ2) is 11.9. The van der Waals surface area contributed by atoms with Crippen molar-refractivity contribution in [2.75, 3.05) is 6.61 Å². The van der Waals surface area contributed by atoms with E-state index >= 15 is 0 Å². The number of phenolic OH excluding ortho intramolecular Hbond substituents is 2. The maximum Gasteiger partial charge on any atom is 0.119 e. The van der Waals surface area contributed by atoms with Gasteiger partial charge in [0, 0.05) is 31.4 Å². The summed E-state index contributed by atoms with van der Waals surface area (Å²) in [7, 11) is 0. The lowest BCUT2D eigenvalue weighted by atomic mass is 9.90. The van der Waals surface area contributed by atoms with Gasteiger partial charge < -0.3 is 30.6 Å². The fourth-order valence-electron chi connectivity index (χ4n) is 3.38. The number of rotatable bonds is 10. The number of hydrogen-bond acceptors (Lipinski definition) is 6. The fraction of sp³-hybridized carbons (Fsp3) is 0.636. The Hall–Kier alpha value is -1.78. The Morgan fingerprint density at radius 1 is 0.786 bits per heavy atom. The second-order valence-corrected chi connectivity index (χ2v) is 7.99. The summed E-state index contributed by atoms with van der Waals surface area (Å²) in [5, 5.41) is 58.3. The zero-order chi connectivity index (χ0) is 21.3. The molecule has 6 nitrogen and oxygen atoms in total. The third-order valence-electron chi connectivity index (χ3n) is 4.67. The SMILES string of the molecule is C[C@@H](CO)C[C@H](C)C[C@H](C)C#CC(O)C[C@@H](O)C[C@@H](O)c1cc(O)cc(O)c1. The molecule has 1 rings (SSSR count). The second-order valence-electron chi connectivity index (χ2n) is 7.99. The van der Waals surface area contributed by atoms with Crippen LogP contribution in [0.25, 0.3) is 0 Å². The predicted octanol–water partition coefficient (Wildman–Crippen LogP) is 2.32. The molecule has 0 saturated heterocycles. The van der Waals surface area contributed by atoms with Crippen LogP contribution >= 0.6 is 0 Å². The molecular formula is C22H34O6. The van der Waals surface area contributed by atoms with Crippen LogP contribution in [0.3, 0.4) is 0 Å². The minimum absolute atomic E-state index is 0.00131. The summed E-state index contributed by atoms with van der Waals surface area (Å²) in [4.78, 5) is 0. The molecule has 0 amide bonds. The van der Waals surface area contributed by atoms with Crippen molar-refractivity contribution >= 4 is 0 Å². The maximum absolute atomic E-state index is 10.1. The van der Waals surface area contributed by atoms with Gasteiger partial charge in [-0.05, 0) is 42.4 Å². The monoisotopic (exact) mass is 394 g/mol. The number of aromatic hydroxyl groups is 2. The average Bonchev–Trinajstić information content (AvgIpc) is 2.58. The molecule has 0 heterocycles. The molecule has 6 atom stereocenters. The maximum atomic E-state index is 10.1. The van der Waals surface area contributed by atoms with Crippen LogP contribution in [-0.2, 0) is 0 Å². The summed E-state index contributed by atoms with van der Waals surface area (Å²) in [6.07, 6.45) is -1.33. The van der Waals surface area contributed by atoms with Gasteiger partial charge in [0.25, 0.3) is 0 Å². The lowest BCUT2D eigenvalue weighted by molar-refractivity contribution is 0.0527. The summed E-state index contributed by atoms with van der Waals surface area (Å²) in [6.45, 7) is 6.28. The van der Waals surface area contributed by atoms with E-state index in [0.29, 0.717) is 5.92 Å². The van der Waals surface area contributed by atoms with Gasteiger partial charge in [0.15, 0.2) is 0 Å². The average molecular weight is 395 g/mol. The summed E-state index contributed by atoms with van der Waals surface area (Å²) in [6, 6.07) is 3.78. The van der Waals surface area contributed by atoms with Crippen molar-refractivity contribution in [3.63, 3.8) is 0 Å². The van der Waals surface area contributed by atoms with E-state index in [9.17, 15) is 25.5 Å². The summed E-state index contributed by atoms with van der Waals surface area (Å²) in [5.74, 6) is 6.18. The van der Waals surface area contributed by atoms with Crippen LogP contribution in [0.4, 0.5) is 0 Å². The highest BCUT2D eigenvalue weighted by Gasteiger charge is 2.18. The van der Waals surface area contributed by atoms with Crippen LogP contribution in [0, 0.1) is 29.6 Å². The summed E-state index contributed by atoms with van der Waals surface area (Å²) < 4.78 is 0. The Balaban J connectivity index is 2.47. The quantitative estimate of drug-likeness (QED) is 0.339. The van der Waals surface area contributed by atoms with Crippen LogP contribution in [0.5, 0.6) is 11.5 Å². The lowest BCUT2D eigenvalue weighted by Crippen LogP contribution is -2.19. The molecule has 0 aliphatic carbocycles. The highest BCUT2D eigenvalue weighted by atomic mass is 16.3. The largest absolute Gasteiger partial charge is 0.508 e. The predicted molar refractivity (Wildman–Crippen MR) is 108 cm³/mol. The van der Waals surface area contributed by atoms with Crippen LogP contribution in [0.1, 0.15) is 58.1 Å². The first-order valence-electron chi connectivity index (χ1n) is 9.79. The number of hydrogen-bond donors (Lipinski definition) is 6. The Kier molecular flexibility index (Phi) is 10.3. The molecule has 0 radical (unpaired) electrons. The van der Waals surface area contributed by atoms with E-state index in [0.717, 1.165) is 18.9 Å². The van der Waals surface area contributed by atoms with E-state index in [4.69, 9.17) is 5.11 Å². The van der Waals surface area contributed by atoms with Crippen molar-refractivity contribution in [2.45, 2.75) is 64.8 Å². The van der Waals surface area contributed by atoms with Crippen LogP contribution in [-0.4, -0.2) is 49.5 Å². The normalized spacial score (nSPS) is 17.7. The van der Waals surface area contributed by atoms with Gasteiger partial charge in [-0.1, -0.05) is 32.6 Å². The molecule has 1 unspecified atom stereocenters. The van der Waals surface area contributed by atoms with Gasteiger partial charge in [-0.3, -0.25) is 0 Å². The van der Waals surface area contributed by atoms with Gasteiger partial charge >= 0.3 is 0 Å². The van der Waals surface area contributed by atoms with Gasteiger partial charge in [-0.15, -0.1) is 0 Å². The molecule has 0 bridgehead atoms. The van der Waals surface area contributed by atoms with Crippen molar-refractivity contribution < 1.29 is 30.6 Å². The van der Waals surface area contributed by atoms with E-state index < -0.39 is 18.3 Å². The molecule has 0 aliphatic rings. The first-order valence-corrected chi connectivity index (χ1v) is 9.79. The fourth-order valence-corrected chi connectivity index (χ4v) is 3.38. The van der Waals surface area contributed by atoms with Crippen LogP contribution in [0.2, 0.25) is 0 Å². The van der Waals surface area contributed by atoms with Crippen LogP contribution in [0.15, 0.2) is 18.2 Å². The smallest absolute Gasteiger partial charge is 0.119 e. The first-order chi connectivity index (χ1) is 13.1. The van der Waals surface area contributed by atoms with Gasteiger partial charge in [-0.2, -0.15) is 0 Å². The van der Waals surface area contributed by atoms with E-state index in [1.807, 2.05) is 13.8 Å². The molecule has 6 heteroatoms. The molecule has 158 valence electrons. The molecule has 28 heavy (non-hydrogen) atoms. The van der Waals surface area contributed by atoms with Crippen molar-refractivity contribution in [1.29, 1.82) is 0 Å². The number of benzene rings is 1. The molecule has 0 aromatic heterocycles. The standard InChI is InChI=1S/C22H34O6/c1-14(6-15(2)7-16(3)13-23)4-5-18(24)10-21(27)12-22(28)17-8-19(25)11-20(26)9-17/h8-9,11,14-16,18,21-28H,6-7,10,12-13H2,1-3H3/t14-,15-,16-,18?,21-,22-/m1/s1. The van der Waals surface area contributed by atoms with E-state index in [1.165, 1.54) is 12.1 Å². The lowest BCUT2D eigenvalue weighted by Gasteiger charge is -2.18. The van der Waals surface area contributed by atoms with Gasteiger partial charge in [-0.25, -0.2) is 0 Å². The molecule has 0 spiro atoms. The minimum Gasteiger partial charge on any atom is -0.508 e.